The number of allylic oxidation sites excluding steroid dienone is 2. The van der Waals surface area contributed by atoms with Crippen LogP contribution >= 0.6 is 0 Å². The minimum atomic E-state index is -2.80. The molecule has 0 saturated heterocycles. The van der Waals surface area contributed by atoms with Crippen molar-refractivity contribution < 1.29 is 8.78 Å². The predicted octanol–water partition coefficient (Wildman–Crippen LogP) is 4.55. The number of pyridine rings is 1. The van der Waals surface area contributed by atoms with Crippen LogP contribution in [0.3, 0.4) is 0 Å². The van der Waals surface area contributed by atoms with Crippen molar-refractivity contribution in [3.8, 4) is 0 Å². The van der Waals surface area contributed by atoms with Gasteiger partial charge in [0.1, 0.15) is 5.82 Å². The van der Waals surface area contributed by atoms with Crippen LogP contribution in [-0.2, 0) is 20.0 Å². The summed E-state index contributed by atoms with van der Waals surface area (Å²) in [4.78, 5) is 26.0. The molecule has 0 radical (unpaired) electrons. The van der Waals surface area contributed by atoms with E-state index < -0.39 is 6.55 Å². The third-order valence-electron chi connectivity index (χ3n) is 5.48. The highest BCUT2D eigenvalue weighted by Crippen LogP contribution is 2.26. The van der Waals surface area contributed by atoms with Crippen molar-refractivity contribution in [1.29, 1.82) is 0 Å². The summed E-state index contributed by atoms with van der Waals surface area (Å²) in [6.07, 6.45) is 8.19. The summed E-state index contributed by atoms with van der Waals surface area (Å²) in [6.45, 7) is 10.4. The van der Waals surface area contributed by atoms with E-state index in [2.05, 4.69) is 40.3 Å². The monoisotopic (exact) mass is 484 g/mol. The first kappa shape index (κ1) is 27.6. The molecule has 2 N–H and O–H groups in total. The molecule has 1 aliphatic rings. The number of hydrogen-bond acceptors (Lipinski definition) is 6. The van der Waals surface area contributed by atoms with Gasteiger partial charge in [-0.25, -0.2) is 9.98 Å². The van der Waals surface area contributed by atoms with Crippen LogP contribution in [0.5, 0.6) is 0 Å². The van der Waals surface area contributed by atoms with E-state index in [4.69, 9.17) is 5.73 Å². The van der Waals surface area contributed by atoms with Crippen LogP contribution in [0.4, 0.5) is 8.78 Å². The number of halogens is 2. The first-order valence-electron chi connectivity index (χ1n) is 11.5. The number of aliphatic imine (C=N–C) groups is 1. The van der Waals surface area contributed by atoms with Gasteiger partial charge in [-0.05, 0) is 37.1 Å². The lowest BCUT2D eigenvalue weighted by Gasteiger charge is -2.32. The quantitative estimate of drug-likeness (QED) is 0.369. The Morgan fingerprint density at radius 2 is 2.00 bits per heavy atom. The van der Waals surface area contributed by atoms with Gasteiger partial charge < -0.3 is 10.6 Å². The molecule has 0 fully saturated rings. The fourth-order valence-corrected chi connectivity index (χ4v) is 3.59. The van der Waals surface area contributed by atoms with E-state index in [1.807, 2.05) is 19.1 Å². The van der Waals surface area contributed by atoms with Crippen LogP contribution in [0, 0.1) is 0 Å². The van der Waals surface area contributed by atoms with E-state index in [1.54, 1.807) is 13.2 Å². The van der Waals surface area contributed by atoms with Crippen molar-refractivity contribution >= 4 is 17.4 Å². The van der Waals surface area contributed by atoms with Crippen LogP contribution in [-0.4, -0.2) is 38.2 Å². The standard InChI is InChI=1S/C23H26F2N6O.C3H8/c1-14(9-21-27-7-5-22(32)30(21)4)16(3)31-8-6-20-18(13-31)10-17(12-28-20)19(11-26)15(2)29-23(24)25;1-3-2/h5,7,9-12,23H,3,6,8,13,26H2,1-2,4H3;3H2,1-2H3/b14-9-,19-11+,29-15+;. The molecule has 3 heterocycles. The van der Waals surface area contributed by atoms with Crippen molar-refractivity contribution in [2.24, 2.45) is 17.8 Å². The minimum absolute atomic E-state index is 0.135. The van der Waals surface area contributed by atoms with Crippen molar-refractivity contribution in [2.75, 3.05) is 6.54 Å². The Morgan fingerprint density at radius 3 is 2.63 bits per heavy atom. The summed E-state index contributed by atoms with van der Waals surface area (Å²) in [5.41, 5.74) is 10.4. The van der Waals surface area contributed by atoms with Gasteiger partial charge in [-0.3, -0.25) is 14.3 Å². The summed E-state index contributed by atoms with van der Waals surface area (Å²) in [5.74, 6) is 0.545. The highest BCUT2D eigenvalue weighted by molar-refractivity contribution is 6.22. The number of aromatic nitrogens is 3. The highest BCUT2D eigenvalue weighted by atomic mass is 19.3. The summed E-state index contributed by atoms with van der Waals surface area (Å²) >= 11 is 0. The van der Waals surface area contributed by atoms with E-state index >= 15 is 0 Å². The van der Waals surface area contributed by atoms with Crippen LogP contribution in [0.15, 0.2) is 58.4 Å². The molecular weight excluding hydrogens is 450 g/mol. The Balaban J connectivity index is 0.00000137. The van der Waals surface area contributed by atoms with Crippen molar-refractivity contribution in [2.45, 2.75) is 53.6 Å². The lowest BCUT2D eigenvalue weighted by molar-refractivity contribution is 0.160. The Labute approximate surface area is 205 Å². The molecule has 7 nitrogen and oxygen atoms in total. The van der Waals surface area contributed by atoms with E-state index in [0.29, 0.717) is 23.5 Å². The summed E-state index contributed by atoms with van der Waals surface area (Å²) in [5, 5.41) is 0. The van der Waals surface area contributed by atoms with Crippen LogP contribution in [0.1, 0.15) is 56.8 Å². The molecular formula is C26H34F2N6O. The molecule has 9 heteroatoms. The Morgan fingerprint density at radius 1 is 1.31 bits per heavy atom. The van der Waals surface area contributed by atoms with Crippen LogP contribution in [0.2, 0.25) is 0 Å². The molecule has 35 heavy (non-hydrogen) atoms. The van der Waals surface area contributed by atoms with E-state index in [9.17, 15) is 13.6 Å². The van der Waals surface area contributed by atoms with Gasteiger partial charge in [0.05, 0.1) is 0 Å². The van der Waals surface area contributed by atoms with Gasteiger partial charge in [-0.1, -0.05) is 26.8 Å². The smallest absolute Gasteiger partial charge is 0.332 e. The maximum Gasteiger partial charge on any atom is 0.332 e. The average molecular weight is 485 g/mol. The zero-order chi connectivity index (χ0) is 26.1. The van der Waals surface area contributed by atoms with Gasteiger partial charge in [0.25, 0.3) is 5.56 Å². The third-order valence-corrected chi connectivity index (χ3v) is 5.48. The SMILES string of the molecule is C=C(/C(C)=C\c1nccc(=O)n1C)N1CCc2ncc(C(=C/N)/C(C)=N/C(F)F)cc2C1.CCC. The Bertz CT molecular complexity index is 1200. The second-order valence-electron chi connectivity index (χ2n) is 8.26. The molecule has 1 aliphatic heterocycles. The maximum atomic E-state index is 12.7. The Hall–Kier alpha value is -3.62. The zero-order valence-corrected chi connectivity index (χ0v) is 21.1. The number of fused-ring (bicyclic) bond motifs is 1. The number of nitrogens with two attached hydrogens (primary N) is 1. The van der Waals surface area contributed by atoms with Gasteiger partial charge in [0, 0.05) is 79.5 Å². The van der Waals surface area contributed by atoms with E-state index in [0.717, 1.165) is 35.5 Å². The molecule has 0 atom stereocenters. The Kier molecular flexibility index (Phi) is 10.1. The number of nitrogens with zero attached hydrogens (tertiary/aromatic N) is 5. The molecule has 0 amide bonds. The number of hydrogen-bond donors (Lipinski definition) is 1. The molecule has 0 aliphatic carbocycles. The summed E-state index contributed by atoms with van der Waals surface area (Å²) in [7, 11) is 1.67. The lowest BCUT2D eigenvalue weighted by Crippen LogP contribution is -2.30. The molecule has 0 bridgehead atoms. The van der Waals surface area contributed by atoms with Gasteiger partial charge in [0.15, 0.2) is 0 Å². The van der Waals surface area contributed by atoms with Crippen LogP contribution in [0.25, 0.3) is 11.6 Å². The molecule has 2 aromatic heterocycles. The number of alkyl halides is 2. The largest absolute Gasteiger partial charge is 0.404 e. The fourth-order valence-electron chi connectivity index (χ4n) is 3.59. The van der Waals surface area contributed by atoms with Crippen molar-refractivity contribution in [3.63, 3.8) is 0 Å². The predicted molar refractivity (Wildman–Crippen MR) is 138 cm³/mol. The lowest BCUT2D eigenvalue weighted by atomic mass is 9.98. The molecule has 2 aromatic rings. The van der Waals surface area contributed by atoms with Crippen molar-refractivity contribution in [3.05, 3.63) is 81.6 Å². The number of rotatable bonds is 6. The molecule has 0 saturated carbocycles. The molecule has 0 unspecified atom stereocenters. The second kappa shape index (κ2) is 12.7. The van der Waals surface area contributed by atoms with E-state index in [1.165, 1.54) is 36.4 Å². The topological polar surface area (TPSA) is 89.4 Å². The minimum Gasteiger partial charge on any atom is -0.404 e. The van der Waals surface area contributed by atoms with E-state index in [-0.39, 0.29) is 11.3 Å². The van der Waals surface area contributed by atoms with Crippen LogP contribution < -0.4 is 11.3 Å². The summed E-state index contributed by atoms with van der Waals surface area (Å²) in [6, 6.07) is 3.32. The third kappa shape index (κ3) is 7.18. The van der Waals surface area contributed by atoms with Gasteiger partial charge >= 0.3 is 6.55 Å². The van der Waals surface area contributed by atoms with Crippen molar-refractivity contribution in [1.82, 2.24) is 19.4 Å². The zero-order valence-electron chi connectivity index (χ0n) is 21.1. The normalized spacial score (nSPS) is 14.4. The second-order valence-corrected chi connectivity index (χ2v) is 8.26. The van der Waals surface area contributed by atoms with Gasteiger partial charge in [-0.2, -0.15) is 8.78 Å². The molecule has 188 valence electrons. The molecule has 3 rings (SSSR count). The first-order valence-corrected chi connectivity index (χ1v) is 11.5. The van der Waals surface area contributed by atoms with Gasteiger partial charge in [-0.15, -0.1) is 0 Å². The molecule has 0 aromatic carbocycles. The molecule has 0 spiro atoms. The van der Waals surface area contributed by atoms with Gasteiger partial charge in [0.2, 0.25) is 0 Å². The average Bonchev–Trinajstić information content (AvgIpc) is 2.81. The highest BCUT2D eigenvalue weighted by Gasteiger charge is 2.21. The maximum absolute atomic E-state index is 12.7. The fraction of sp³-hybridized carbons (Fsp3) is 0.385. The first-order chi connectivity index (χ1) is 16.6. The summed E-state index contributed by atoms with van der Waals surface area (Å²) < 4.78 is 26.8.